The first-order valence-electron chi connectivity index (χ1n) is 18.5. The third-order valence-corrected chi connectivity index (χ3v) is 8.54. The molecule has 0 aliphatic heterocycles. The summed E-state index contributed by atoms with van der Waals surface area (Å²) in [6.07, 6.45) is 39.6. The van der Waals surface area contributed by atoms with Gasteiger partial charge in [0.25, 0.3) is 0 Å². The molecule has 3 nitrogen and oxygen atoms in total. The fraction of sp³-hybridized carbons (Fsp3) is 1.00. The second kappa shape index (κ2) is 35.9. The summed E-state index contributed by atoms with van der Waals surface area (Å²) >= 11 is 0. The highest BCUT2D eigenvalue weighted by molar-refractivity contribution is 4.61. The van der Waals surface area contributed by atoms with Crippen molar-refractivity contribution in [3.8, 4) is 0 Å². The third-order valence-electron chi connectivity index (χ3n) is 8.54. The van der Waals surface area contributed by atoms with Gasteiger partial charge < -0.3 is 16.0 Å². The van der Waals surface area contributed by atoms with Crippen molar-refractivity contribution in [2.75, 3.05) is 39.3 Å². The van der Waals surface area contributed by atoms with E-state index in [1.54, 1.807) is 0 Å². The molecule has 0 saturated carbocycles. The average molecular weight is 552 g/mol. The van der Waals surface area contributed by atoms with Gasteiger partial charge in [-0.25, -0.2) is 0 Å². The van der Waals surface area contributed by atoms with Crippen LogP contribution in [0.3, 0.4) is 0 Å². The van der Waals surface area contributed by atoms with Gasteiger partial charge in [-0.2, -0.15) is 0 Å². The molecule has 0 fully saturated rings. The first-order valence-corrected chi connectivity index (χ1v) is 18.5. The van der Waals surface area contributed by atoms with Crippen LogP contribution in [0.1, 0.15) is 194 Å². The number of nitrogens with zero attached hydrogens (tertiary/aromatic N) is 1. The number of nitrogens with one attached hydrogen (secondary N) is 1. The number of rotatable bonds is 35. The van der Waals surface area contributed by atoms with Crippen LogP contribution in [0.25, 0.3) is 0 Å². The Morgan fingerprint density at radius 3 is 0.974 bits per heavy atom. The molecule has 0 aliphatic rings. The Hall–Kier alpha value is -0.120. The average Bonchev–Trinajstić information content (AvgIpc) is 2.95. The lowest BCUT2D eigenvalue weighted by Crippen LogP contribution is -2.27. The predicted octanol–water partition coefficient (Wildman–Crippen LogP) is 10.8. The molecule has 0 aromatic heterocycles. The van der Waals surface area contributed by atoms with Gasteiger partial charge in [0.1, 0.15) is 0 Å². The number of hydrogen-bond donors (Lipinski definition) is 2. The van der Waals surface area contributed by atoms with Gasteiger partial charge in [0, 0.05) is 0 Å². The molecule has 0 heterocycles. The smallest absolute Gasteiger partial charge is 0.00187 e. The maximum atomic E-state index is 5.57. The maximum Gasteiger partial charge on any atom is -0.00187 e. The van der Waals surface area contributed by atoms with Crippen molar-refractivity contribution in [2.24, 2.45) is 5.73 Å². The molecule has 0 atom stereocenters. The van der Waals surface area contributed by atoms with Gasteiger partial charge in [0.15, 0.2) is 0 Å². The quantitative estimate of drug-likeness (QED) is 0.0769. The van der Waals surface area contributed by atoms with Crippen molar-refractivity contribution in [3.63, 3.8) is 0 Å². The van der Waals surface area contributed by atoms with Crippen LogP contribution >= 0.6 is 0 Å². The van der Waals surface area contributed by atoms with Crippen LogP contribution in [-0.2, 0) is 0 Å². The topological polar surface area (TPSA) is 41.3 Å². The monoisotopic (exact) mass is 552 g/mol. The minimum absolute atomic E-state index is 0.851. The van der Waals surface area contributed by atoms with E-state index in [4.69, 9.17) is 5.73 Å². The van der Waals surface area contributed by atoms with E-state index >= 15 is 0 Å². The SMILES string of the molecule is CCCCCCCCCCCCN(CCCCCCCCCCCC)CCCCCCNCCCCCCN. The lowest BCUT2D eigenvalue weighted by Gasteiger charge is -2.22. The van der Waals surface area contributed by atoms with Gasteiger partial charge in [-0.15, -0.1) is 0 Å². The molecule has 0 aromatic rings. The highest BCUT2D eigenvalue weighted by Gasteiger charge is 2.05. The van der Waals surface area contributed by atoms with Gasteiger partial charge in [0.2, 0.25) is 0 Å². The molecule has 0 amide bonds. The Morgan fingerprint density at radius 1 is 0.359 bits per heavy atom. The molecule has 0 bridgehead atoms. The van der Waals surface area contributed by atoms with Crippen molar-refractivity contribution >= 4 is 0 Å². The largest absolute Gasteiger partial charge is 0.330 e. The van der Waals surface area contributed by atoms with E-state index in [-0.39, 0.29) is 0 Å². The lowest BCUT2D eigenvalue weighted by molar-refractivity contribution is 0.254. The second-order valence-electron chi connectivity index (χ2n) is 12.6. The predicted molar refractivity (Wildman–Crippen MR) is 179 cm³/mol. The van der Waals surface area contributed by atoms with Gasteiger partial charge in [-0.1, -0.05) is 155 Å². The third kappa shape index (κ3) is 34.0. The van der Waals surface area contributed by atoms with Crippen LogP contribution in [0.15, 0.2) is 0 Å². The summed E-state index contributed by atoms with van der Waals surface area (Å²) in [6, 6.07) is 0. The zero-order valence-electron chi connectivity index (χ0n) is 27.6. The number of hydrogen-bond acceptors (Lipinski definition) is 3. The zero-order valence-corrected chi connectivity index (χ0v) is 27.6. The minimum Gasteiger partial charge on any atom is -0.330 e. The molecule has 39 heavy (non-hydrogen) atoms. The van der Waals surface area contributed by atoms with Crippen molar-refractivity contribution in [3.05, 3.63) is 0 Å². The molecular weight excluding hydrogens is 474 g/mol. The van der Waals surface area contributed by atoms with E-state index in [0.717, 1.165) is 6.54 Å². The minimum atomic E-state index is 0.851. The maximum absolute atomic E-state index is 5.57. The van der Waals surface area contributed by atoms with Gasteiger partial charge >= 0.3 is 0 Å². The van der Waals surface area contributed by atoms with E-state index < -0.39 is 0 Å². The van der Waals surface area contributed by atoms with Crippen molar-refractivity contribution < 1.29 is 0 Å². The van der Waals surface area contributed by atoms with E-state index in [1.165, 1.54) is 213 Å². The second-order valence-corrected chi connectivity index (χ2v) is 12.6. The van der Waals surface area contributed by atoms with Crippen molar-refractivity contribution in [2.45, 2.75) is 194 Å². The normalized spacial score (nSPS) is 11.7. The molecule has 3 N–H and O–H groups in total. The number of nitrogens with two attached hydrogens (primary N) is 1. The van der Waals surface area contributed by atoms with Gasteiger partial charge in [-0.3, -0.25) is 0 Å². The van der Waals surface area contributed by atoms with E-state index in [0.29, 0.717) is 0 Å². The van der Waals surface area contributed by atoms with Gasteiger partial charge in [0.05, 0.1) is 0 Å². The summed E-state index contributed by atoms with van der Waals surface area (Å²) < 4.78 is 0. The van der Waals surface area contributed by atoms with Crippen molar-refractivity contribution in [1.82, 2.24) is 10.2 Å². The Labute approximate surface area is 248 Å². The summed E-state index contributed by atoms with van der Waals surface area (Å²) in [4.78, 5) is 2.83. The van der Waals surface area contributed by atoms with Crippen LogP contribution in [0.4, 0.5) is 0 Å². The van der Waals surface area contributed by atoms with E-state index in [2.05, 4.69) is 24.1 Å². The Morgan fingerprint density at radius 2 is 0.641 bits per heavy atom. The van der Waals surface area contributed by atoms with Crippen molar-refractivity contribution in [1.29, 1.82) is 0 Å². The highest BCUT2D eigenvalue weighted by atomic mass is 15.1. The summed E-state index contributed by atoms with van der Waals surface area (Å²) in [7, 11) is 0. The Balaban J connectivity index is 3.87. The molecular formula is C36H77N3. The summed E-state index contributed by atoms with van der Waals surface area (Å²) in [6.45, 7) is 11.9. The molecule has 0 aliphatic carbocycles. The lowest BCUT2D eigenvalue weighted by atomic mass is 10.1. The molecule has 0 saturated heterocycles. The number of unbranched alkanes of at least 4 members (excludes halogenated alkanes) is 24. The first-order chi connectivity index (χ1) is 19.3. The van der Waals surface area contributed by atoms with Crippen LogP contribution in [0.5, 0.6) is 0 Å². The first kappa shape index (κ1) is 38.9. The van der Waals surface area contributed by atoms with Crippen LogP contribution in [0.2, 0.25) is 0 Å². The van der Waals surface area contributed by atoms with E-state index in [1.807, 2.05) is 0 Å². The molecule has 0 aromatic carbocycles. The van der Waals surface area contributed by atoms with Crippen LogP contribution < -0.4 is 11.1 Å². The van der Waals surface area contributed by atoms with Crippen LogP contribution in [0, 0.1) is 0 Å². The molecule has 0 radical (unpaired) electrons. The molecule has 236 valence electrons. The molecule has 3 heteroatoms. The zero-order chi connectivity index (χ0) is 28.3. The molecule has 0 spiro atoms. The fourth-order valence-electron chi connectivity index (χ4n) is 5.79. The molecule has 0 rings (SSSR count). The van der Waals surface area contributed by atoms with E-state index in [9.17, 15) is 0 Å². The fourth-order valence-corrected chi connectivity index (χ4v) is 5.79. The summed E-state index contributed by atoms with van der Waals surface area (Å²) in [5.41, 5.74) is 5.57. The Bertz CT molecular complexity index is 390. The van der Waals surface area contributed by atoms with Crippen LogP contribution in [-0.4, -0.2) is 44.2 Å². The summed E-state index contributed by atoms with van der Waals surface area (Å²) in [5, 5.41) is 3.64. The van der Waals surface area contributed by atoms with Gasteiger partial charge in [-0.05, 0) is 77.8 Å². The Kier molecular flexibility index (Phi) is 35.8. The standard InChI is InChI=1S/C36H77N3/c1-3-5-7-9-11-13-15-17-22-28-34-39(35-29-23-18-16-14-12-10-8-6-4-2)36-30-24-21-27-33-38-32-26-20-19-25-31-37/h38H,3-37H2,1-2H3. The highest BCUT2D eigenvalue weighted by Crippen LogP contribution is 2.13. The molecule has 0 unspecified atom stereocenters. The summed E-state index contributed by atoms with van der Waals surface area (Å²) in [5.74, 6) is 0.